The molecule has 3 aromatic heterocycles. The van der Waals surface area contributed by atoms with Gasteiger partial charge in [-0.2, -0.15) is 13.9 Å². The maximum Gasteiger partial charge on any atom is 0.333 e. The number of carbonyl (C=O) groups excluding carboxylic acids is 1. The minimum Gasteiger partial charge on any atom is -0.337 e. The van der Waals surface area contributed by atoms with Gasteiger partial charge < -0.3 is 9.30 Å². The normalized spacial score (nSPS) is 15.0. The molecule has 7 nitrogen and oxygen atoms in total. The van der Waals surface area contributed by atoms with E-state index in [0.29, 0.717) is 30.2 Å². The summed E-state index contributed by atoms with van der Waals surface area (Å²) in [6.07, 6.45) is 9.20. The van der Waals surface area contributed by atoms with Crippen LogP contribution in [0.15, 0.2) is 66.0 Å². The van der Waals surface area contributed by atoms with Crippen molar-refractivity contribution >= 4 is 17.8 Å². The van der Waals surface area contributed by atoms with E-state index in [2.05, 4.69) is 39.3 Å². The number of halogens is 2. The smallest absolute Gasteiger partial charge is 0.333 e. The van der Waals surface area contributed by atoms with Crippen LogP contribution < -0.4 is 0 Å². The number of aromatic nitrogens is 4. The predicted octanol–water partition coefficient (Wildman–Crippen LogP) is 4.87. The number of piperidine rings is 1. The molecular formula is C26H26F2N6O. The second-order valence-electron chi connectivity index (χ2n) is 8.82. The number of pyridine rings is 1. The molecule has 1 saturated heterocycles. The highest BCUT2D eigenvalue weighted by molar-refractivity contribution is 5.92. The van der Waals surface area contributed by atoms with Crippen LogP contribution in [-0.4, -0.2) is 49.3 Å². The SMILES string of the molecule is Cc1cc(C(=O)N2CCC(c3ccc(C=NCc4ccn5ccnc5c4)cc3)CC2)nn1C(F)F. The number of rotatable bonds is 6. The Bertz CT molecular complexity index is 1350. The van der Waals surface area contributed by atoms with Crippen molar-refractivity contribution < 1.29 is 13.6 Å². The minimum absolute atomic E-state index is 0.0783. The number of carbonyl (C=O) groups is 1. The molecule has 0 atom stereocenters. The molecule has 1 aromatic carbocycles. The maximum absolute atomic E-state index is 13.0. The first-order valence-electron chi connectivity index (χ1n) is 11.6. The lowest BCUT2D eigenvalue weighted by Gasteiger charge is -2.31. The monoisotopic (exact) mass is 476 g/mol. The molecule has 4 heterocycles. The molecule has 1 amide bonds. The van der Waals surface area contributed by atoms with Crippen LogP contribution >= 0.6 is 0 Å². The van der Waals surface area contributed by atoms with Gasteiger partial charge in [0.2, 0.25) is 0 Å². The Morgan fingerprint density at radius 1 is 1.14 bits per heavy atom. The molecule has 180 valence electrons. The summed E-state index contributed by atoms with van der Waals surface area (Å²) in [5.74, 6) is 0.0658. The van der Waals surface area contributed by atoms with Gasteiger partial charge in [0.15, 0.2) is 5.69 Å². The van der Waals surface area contributed by atoms with E-state index in [0.717, 1.165) is 29.6 Å². The Hall–Kier alpha value is -3.88. The fourth-order valence-corrected chi connectivity index (χ4v) is 4.53. The molecule has 0 unspecified atom stereocenters. The van der Waals surface area contributed by atoms with Crippen molar-refractivity contribution in [3.05, 3.63) is 89.1 Å². The van der Waals surface area contributed by atoms with Crippen LogP contribution in [0.25, 0.3) is 5.65 Å². The number of benzene rings is 1. The van der Waals surface area contributed by atoms with Crippen molar-refractivity contribution in [2.75, 3.05) is 13.1 Å². The number of fused-ring (bicyclic) bond motifs is 1. The Morgan fingerprint density at radius 3 is 2.63 bits per heavy atom. The van der Waals surface area contributed by atoms with E-state index < -0.39 is 6.55 Å². The summed E-state index contributed by atoms with van der Waals surface area (Å²) in [6, 6.07) is 13.9. The third kappa shape index (κ3) is 4.99. The number of imidazole rings is 1. The molecule has 5 rings (SSSR count). The van der Waals surface area contributed by atoms with Gasteiger partial charge in [-0.15, -0.1) is 0 Å². The molecule has 0 spiro atoms. The van der Waals surface area contributed by atoms with Crippen molar-refractivity contribution in [3.63, 3.8) is 0 Å². The van der Waals surface area contributed by atoms with Crippen molar-refractivity contribution in [1.29, 1.82) is 0 Å². The fraction of sp³-hybridized carbons (Fsp3) is 0.308. The Morgan fingerprint density at radius 2 is 1.91 bits per heavy atom. The Balaban J connectivity index is 1.15. The largest absolute Gasteiger partial charge is 0.337 e. The van der Waals surface area contributed by atoms with Gasteiger partial charge in [-0.25, -0.2) is 9.67 Å². The van der Waals surface area contributed by atoms with Gasteiger partial charge in [0.1, 0.15) is 5.65 Å². The molecule has 0 saturated carbocycles. The summed E-state index contributed by atoms with van der Waals surface area (Å²) in [5, 5.41) is 3.78. The van der Waals surface area contributed by atoms with E-state index in [9.17, 15) is 13.6 Å². The molecule has 1 aliphatic rings. The third-order valence-corrected chi connectivity index (χ3v) is 6.49. The topological polar surface area (TPSA) is 67.8 Å². The summed E-state index contributed by atoms with van der Waals surface area (Å²) >= 11 is 0. The highest BCUT2D eigenvalue weighted by Crippen LogP contribution is 2.29. The second-order valence-corrected chi connectivity index (χ2v) is 8.82. The average Bonchev–Trinajstić information content (AvgIpc) is 3.50. The number of hydrogen-bond donors (Lipinski definition) is 0. The van der Waals surface area contributed by atoms with Crippen molar-refractivity contribution in [2.45, 2.75) is 38.8 Å². The van der Waals surface area contributed by atoms with Crippen molar-refractivity contribution in [3.8, 4) is 0 Å². The summed E-state index contributed by atoms with van der Waals surface area (Å²) in [5.41, 5.74) is 4.64. The zero-order valence-corrected chi connectivity index (χ0v) is 19.4. The van der Waals surface area contributed by atoms with E-state index in [1.807, 2.05) is 35.1 Å². The van der Waals surface area contributed by atoms with Crippen LogP contribution in [0.2, 0.25) is 0 Å². The summed E-state index contributed by atoms with van der Waals surface area (Å²) in [6.45, 7) is 0.521. The minimum atomic E-state index is -2.75. The summed E-state index contributed by atoms with van der Waals surface area (Å²) < 4.78 is 28.5. The number of aliphatic imine (C=N–C) groups is 1. The third-order valence-electron chi connectivity index (χ3n) is 6.49. The van der Waals surface area contributed by atoms with Gasteiger partial charge in [0, 0.05) is 43.6 Å². The van der Waals surface area contributed by atoms with Crippen LogP contribution in [0.3, 0.4) is 0 Å². The van der Waals surface area contributed by atoms with Gasteiger partial charge in [0.25, 0.3) is 5.91 Å². The Labute approximate surface area is 201 Å². The van der Waals surface area contributed by atoms with Crippen LogP contribution in [0.5, 0.6) is 0 Å². The number of nitrogens with zero attached hydrogens (tertiary/aromatic N) is 6. The van der Waals surface area contributed by atoms with Crippen LogP contribution in [0, 0.1) is 6.92 Å². The highest BCUT2D eigenvalue weighted by Gasteiger charge is 2.27. The highest BCUT2D eigenvalue weighted by atomic mass is 19.3. The Kier molecular flexibility index (Phi) is 6.39. The van der Waals surface area contributed by atoms with Crippen LogP contribution in [0.4, 0.5) is 8.78 Å². The lowest BCUT2D eigenvalue weighted by molar-refractivity contribution is 0.0528. The number of hydrogen-bond acceptors (Lipinski definition) is 4. The van der Waals surface area contributed by atoms with E-state index in [1.165, 1.54) is 18.6 Å². The molecule has 1 fully saturated rings. The second kappa shape index (κ2) is 9.77. The van der Waals surface area contributed by atoms with Gasteiger partial charge in [0.05, 0.1) is 6.54 Å². The predicted molar refractivity (Wildman–Crippen MR) is 129 cm³/mol. The van der Waals surface area contributed by atoms with E-state index >= 15 is 0 Å². The fourth-order valence-electron chi connectivity index (χ4n) is 4.53. The molecule has 0 aliphatic carbocycles. The standard InChI is InChI=1S/C26H26F2N6O/c1-18-14-23(31-34(18)26(27)28)25(35)33-11-7-22(8-12-33)21-4-2-19(3-5-21)16-29-17-20-6-10-32-13-9-30-24(32)15-20/h2-6,9-10,13-16,22,26H,7-8,11-12,17H2,1H3. The zero-order chi connectivity index (χ0) is 24.4. The number of alkyl halides is 2. The van der Waals surface area contributed by atoms with Crippen LogP contribution in [-0.2, 0) is 6.54 Å². The molecule has 35 heavy (non-hydrogen) atoms. The average molecular weight is 477 g/mol. The van der Waals surface area contributed by atoms with Gasteiger partial charge in [-0.3, -0.25) is 9.79 Å². The first-order valence-corrected chi connectivity index (χ1v) is 11.6. The first-order chi connectivity index (χ1) is 17.0. The first kappa shape index (κ1) is 22.9. The molecule has 0 radical (unpaired) electrons. The lowest BCUT2D eigenvalue weighted by Crippen LogP contribution is -2.38. The maximum atomic E-state index is 13.0. The lowest BCUT2D eigenvalue weighted by atomic mass is 9.89. The molecule has 0 bridgehead atoms. The van der Waals surface area contributed by atoms with Gasteiger partial charge in [-0.1, -0.05) is 24.3 Å². The van der Waals surface area contributed by atoms with Crippen molar-refractivity contribution in [2.24, 2.45) is 4.99 Å². The molecule has 1 aliphatic heterocycles. The van der Waals surface area contributed by atoms with E-state index in [4.69, 9.17) is 0 Å². The van der Waals surface area contributed by atoms with Gasteiger partial charge in [-0.05, 0) is 60.6 Å². The number of aryl methyl sites for hydroxylation is 1. The van der Waals surface area contributed by atoms with Crippen LogP contribution in [0.1, 0.15) is 58.2 Å². The summed E-state index contributed by atoms with van der Waals surface area (Å²) in [4.78, 5) is 23.3. The number of likely N-dealkylation sites (tertiary alicyclic amines) is 1. The molecule has 9 heteroatoms. The molecular weight excluding hydrogens is 450 g/mol. The molecule has 0 N–H and O–H groups in total. The van der Waals surface area contributed by atoms with Gasteiger partial charge >= 0.3 is 6.55 Å². The summed E-state index contributed by atoms with van der Waals surface area (Å²) in [7, 11) is 0. The quantitative estimate of drug-likeness (QED) is 0.373. The zero-order valence-electron chi connectivity index (χ0n) is 19.4. The van der Waals surface area contributed by atoms with Crippen molar-refractivity contribution in [1.82, 2.24) is 24.1 Å². The number of amides is 1. The molecule has 4 aromatic rings. The van der Waals surface area contributed by atoms with E-state index in [-0.39, 0.29) is 17.3 Å². The van der Waals surface area contributed by atoms with E-state index in [1.54, 1.807) is 11.1 Å².